The van der Waals surface area contributed by atoms with Crippen molar-refractivity contribution in [2.75, 3.05) is 29.8 Å². The van der Waals surface area contributed by atoms with E-state index in [4.69, 9.17) is 0 Å². The SMILES string of the molecule is Cc1ccc2c(c1)[C@@H]1CN(C)CC[C@H]1N2C(=O)c1ccccc1NS(=O)(=O)c1cccc(C(F)(F)F)c1. The van der Waals surface area contributed by atoms with Gasteiger partial charge in [0, 0.05) is 24.2 Å². The van der Waals surface area contributed by atoms with Crippen molar-refractivity contribution in [3.63, 3.8) is 0 Å². The predicted octanol–water partition coefficient (Wildman–Crippen LogP) is 5.26. The maximum Gasteiger partial charge on any atom is 0.416 e. The Hall–Kier alpha value is -3.37. The molecule has 10 heteroatoms. The zero-order chi connectivity index (χ0) is 26.5. The minimum atomic E-state index is -4.69. The number of alkyl halides is 3. The van der Waals surface area contributed by atoms with Crippen LogP contribution in [0.4, 0.5) is 24.5 Å². The third-order valence-corrected chi connectivity index (χ3v) is 8.41. The molecule has 6 nitrogen and oxygen atoms in total. The smallest absolute Gasteiger partial charge is 0.306 e. The number of nitrogens with zero attached hydrogens (tertiary/aromatic N) is 2. The molecule has 1 saturated heterocycles. The van der Waals surface area contributed by atoms with Crippen molar-refractivity contribution in [3.8, 4) is 0 Å². The molecule has 37 heavy (non-hydrogen) atoms. The molecule has 194 valence electrons. The Morgan fingerprint density at radius 3 is 2.54 bits per heavy atom. The lowest BCUT2D eigenvalue weighted by Gasteiger charge is -2.36. The zero-order valence-electron chi connectivity index (χ0n) is 20.3. The Labute approximate surface area is 213 Å². The normalized spacial score (nSPS) is 19.9. The molecule has 0 spiro atoms. The van der Waals surface area contributed by atoms with Crippen molar-refractivity contribution in [2.45, 2.75) is 36.4 Å². The Morgan fingerprint density at radius 1 is 1.03 bits per heavy atom. The lowest BCUT2D eigenvalue weighted by atomic mass is 9.88. The molecular weight excluding hydrogens is 503 g/mol. The number of fused-ring (bicyclic) bond motifs is 3. The van der Waals surface area contributed by atoms with Gasteiger partial charge in [-0.25, -0.2) is 8.42 Å². The first-order chi connectivity index (χ1) is 17.5. The van der Waals surface area contributed by atoms with E-state index in [2.05, 4.69) is 15.7 Å². The van der Waals surface area contributed by atoms with E-state index < -0.39 is 26.7 Å². The molecule has 2 aliphatic heterocycles. The number of nitrogens with one attached hydrogen (secondary N) is 1. The van der Waals surface area contributed by atoms with Crippen LogP contribution < -0.4 is 9.62 Å². The number of likely N-dealkylation sites (tertiary alicyclic amines) is 1. The van der Waals surface area contributed by atoms with Crippen LogP contribution in [0, 0.1) is 6.92 Å². The number of piperidine rings is 1. The van der Waals surface area contributed by atoms with Crippen LogP contribution in [0.3, 0.4) is 0 Å². The molecule has 1 N–H and O–H groups in total. The highest BCUT2D eigenvalue weighted by Crippen LogP contribution is 2.46. The van der Waals surface area contributed by atoms with Crippen molar-refractivity contribution >= 4 is 27.3 Å². The first kappa shape index (κ1) is 25.3. The summed E-state index contributed by atoms with van der Waals surface area (Å²) in [6.07, 6.45) is -3.93. The number of benzene rings is 3. The highest BCUT2D eigenvalue weighted by atomic mass is 32.2. The fourth-order valence-electron chi connectivity index (χ4n) is 5.28. The number of sulfonamides is 1. The van der Waals surface area contributed by atoms with Crippen molar-refractivity contribution < 1.29 is 26.4 Å². The van der Waals surface area contributed by atoms with E-state index in [1.807, 2.05) is 26.1 Å². The summed E-state index contributed by atoms with van der Waals surface area (Å²) in [5.74, 6) is -0.226. The number of rotatable bonds is 4. The standard InChI is InChI=1S/C27H26F3N3O3S/c1-17-10-11-24-21(14-17)22-16-32(2)13-12-25(22)33(24)26(34)20-8-3-4-9-23(20)31-37(35,36)19-7-5-6-18(15-19)27(28,29)30/h3-11,14-15,22,25,31H,12-13,16H2,1-2H3/t22-,25+/m0/s1. The van der Waals surface area contributed by atoms with Crippen LogP contribution in [0.15, 0.2) is 71.6 Å². The largest absolute Gasteiger partial charge is 0.416 e. The molecule has 0 unspecified atom stereocenters. The monoisotopic (exact) mass is 529 g/mol. The summed E-state index contributed by atoms with van der Waals surface area (Å²) in [5.41, 5.74) is 2.05. The molecule has 0 bridgehead atoms. The summed E-state index contributed by atoms with van der Waals surface area (Å²) in [6, 6.07) is 15.6. The summed E-state index contributed by atoms with van der Waals surface area (Å²) in [5, 5.41) is 0. The van der Waals surface area contributed by atoms with Crippen LogP contribution in [0.5, 0.6) is 0 Å². The predicted molar refractivity (Wildman–Crippen MR) is 135 cm³/mol. The van der Waals surface area contributed by atoms with Crippen LogP contribution in [0.1, 0.15) is 39.4 Å². The average Bonchev–Trinajstić information content (AvgIpc) is 3.16. The minimum Gasteiger partial charge on any atom is -0.306 e. The van der Waals surface area contributed by atoms with Crippen LogP contribution in [-0.4, -0.2) is 45.4 Å². The van der Waals surface area contributed by atoms with E-state index in [0.29, 0.717) is 6.07 Å². The second-order valence-electron chi connectivity index (χ2n) is 9.64. The van der Waals surface area contributed by atoms with E-state index in [9.17, 15) is 26.4 Å². The Bertz CT molecular complexity index is 1470. The molecular formula is C27H26F3N3O3S. The number of hydrogen-bond acceptors (Lipinski definition) is 4. The minimum absolute atomic E-state index is 0.00921. The average molecular weight is 530 g/mol. The van der Waals surface area contributed by atoms with E-state index in [-0.39, 0.29) is 29.1 Å². The third-order valence-electron chi connectivity index (χ3n) is 7.05. The number of likely N-dealkylation sites (N-methyl/N-ethyl adjacent to an activating group) is 1. The van der Waals surface area contributed by atoms with Gasteiger partial charge in [-0.1, -0.05) is 35.9 Å². The lowest BCUT2D eigenvalue weighted by Crippen LogP contribution is -2.47. The van der Waals surface area contributed by atoms with Crippen LogP contribution in [0.25, 0.3) is 0 Å². The lowest BCUT2D eigenvalue weighted by molar-refractivity contribution is -0.137. The van der Waals surface area contributed by atoms with Gasteiger partial charge in [-0.15, -0.1) is 0 Å². The van der Waals surface area contributed by atoms with Gasteiger partial charge in [0.25, 0.3) is 15.9 Å². The van der Waals surface area contributed by atoms with Gasteiger partial charge in [0.05, 0.1) is 21.7 Å². The van der Waals surface area contributed by atoms with Gasteiger partial charge in [0.1, 0.15) is 0 Å². The highest BCUT2D eigenvalue weighted by molar-refractivity contribution is 7.92. The molecule has 0 aliphatic carbocycles. The molecule has 2 aliphatic rings. The first-order valence-corrected chi connectivity index (χ1v) is 13.4. The van der Waals surface area contributed by atoms with Crippen LogP contribution in [0.2, 0.25) is 0 Å². The Kier molecular flexibility index (Phi) is 6.27. The number of carbonyl (C=O) groups excluding carboxylic acids is 1. The number of para-hydroxylation sites is 1. The maximum atomic E-state index is 14.0. The third kappa shape index (κ3) is 4.71. The van der Waals surface area contributed by atoms with Crippen LogP contribution >= 0.6 is 0 Å². The fraction of sp³-hybridized carbons (Fsp3) is 0.296. The molecule has 3 aromatic rings. The maximum absolute atomic E-state index is 14.0. The molecule has 1 fully saturated rings. The van der Waals surface area contributed by atoms with E-state index in [0.717, 1.165) is 54.5 Å². The molecule has 1 amide bonds. The number of hydrogen-bond donors (Lipinski definition) is 1. The second-order valence-corrected chi connectivity index (χ2v) is 11.3. The number of aryl methyl sites for hydroxylation is 1. The van der Waals surface area contributed by atoms with E-state index in [1.165, 1.54) is 12.1 Å². The van der Waals surface area contributed by atoms with E-state index >= 15 is 0 Å². The van der Waals surface area contributed by atoms with Crippen molar-refractivity contribution in [2.24, 2.45) is 0 Å². The van der Waals surface area contributed by atoms with Crippen molar-refractivity contribution in [1.29, 1.82) is 0 Å². The van der Waals surface area contributed by atoms with Crippen molar-refractivity contribution in [3.05, 3.63) is 89.0 Å². The Morgan fingerprint density at radius 2 is 1.78 bits per heavy atom. The molecule has 3 aromatic carbocycles. The first-order valence-electron chi connectivity index (χ1n) is 11.9. The van der Waals surface area contributed by atoms with Crippen LogP contribution in [-0.2, 0) is 16.2 Å². The number of amides is 1. The van der Waals surface area contributed by atoms with Gasteiger partial charge in [-0.3, -0.25) is 9.52 Å². The van der Waals surface area contributed by atoms with Gasteiger partial charge < -0.3 is 9.80 Å². The van der Waals surface area contributed by atoms with Gasteiger partial charge in [0.2, 0.25) is 0 Å². The molecule has 2 atom stereocenters. The number of halogens is 3. The zero-order valence-corrected chi connectivity index (χ0v) is 21.1. The summed E-state index contributed by atoms with van der Waals surface area (Å²) in [4.78, 5) is 17.4. The molecule has 0 aromatic heterocycles. The van der Waals surface area contributed by atoms with Gasteiger partial charge in [-0.05, 0) is 68.9 Å². The van der Waals surface area contributed by atoms with Gasteiger partial charge in [-0.2, -0.15) is 13.2 Å². The van der Waals surface area contributed by atoms with E-state index in [1.54, 1.807) is 17.0 Å². The Balaban J connectivity index is 1.51. The topological polar surface area (TPSA) is 69.7 Å². The number of anilines is 2. The molecule has 2 heterocycles. The summed E-state index contributed by atoms with van der Waals surface area (Å²) < 4.78 is 68.0. The van der Waals surface area contributed by atoms with Gasteiger partial charge in [0.15, 0.2) is 0 Å². The highest BCUT2D eigenvalue weighted by Gasteiger charge is 2.44. The molecule has 5 rings (SSSR count). The molecule has 0 radical (unpaired) electrons. The summed E-state index contributed by atoms with van der Waals surface area (Å²) in [6.45, 7) is 3.63. The second kappa shape index (κ2) is 9.18. The quantitative estimate of drug-likeness (QED) is 0.501. The fourth-order valence-corrected chi connectivity index (χ4v) is 6.40. The molecule has 0 saturated carbocycles. The number of carbonyl (C=O) groups is 1. The summed E-state index contributed by atoms with van der Waals surface area (Å²) in [7, 11) is -2.35. The van der Waals surface area contributed by atoms with Gasteiger partial charge >= 0.3 is 6.18 Å². The van der Waals surface area contributed by atoms with Crippen molar-refractivity contribution in [1.82, 2.24) is 4.90 Å². The summed E-state index contributed by atoms with van der Waals surface area (Å²) >= 11 is 0.